The zero-order chi connectivity index (χ0) is 12.3. The van der Waals surface area contributed by atoms with Gasteiger partial charge >= 0.3 is 0 Å². The van der Waals surface area contributed by atoms with E-state index in [1.54, 1.807) is 6.07 Å². The predicted molar refractivity (Wildman–Crippen MR) is 66.5 cm³/mol. The highest BCUT2D eigenvalue weighted by molar-refractivity contribution is 7.94. The molecule has 8 heteroatoms. The molecule has 0 fully saturated rings. The van der Waals surface area contributed by atoms with Crippen LogP contribution in [0.1, 0.15) is 5.56 Å². The Morgan fingerprint density at radius 1 is 1.53 bits per heavy atom. The first-order chi connectivity index (χ1) is 8.12. The summed E-state index contributed by atoms with van der Waals surface area (Å²) < 4.78 is 26.6. The Bertz CT molecular complexity index is 574. The summed E-state index contributed by atoms with van der Waals surface area (Å²) >= 11 is 1.20. The van der Waals surface area contributed by atoms with Crippen LogP contribution in [0.5, 0.6) is 0 Å². The van der Waals surface area contributed by atoms with Gasteiger partial charge in [0.2, 0.25) is 0 Å². The van der Waals surface area contributed by atoms with Crippen molar-refractivity contribution < 1.29 is 8.42 Å². The zero-order valence-electron chi connectivity index (χ0n) is 9.10. The van der Waals surface area contributed by atoms with E-state index in [1.807, 2.05) is 12.4 Å². The Hall–Kier alpha value is -1.38. The van der Waals surface area contributed by atoms with Crippen molar-refractivity contribution in [1.82, 2.24) is 15.5 Å². The standard InChI is InChI=1S/C9H12N4O2S2/c1-10-3-7-2-9(16-6-7)17(14,15)13-8-4-11-12-5-8/h2,4-6,10,13H,3H2,1H3,(H,11,12). The van der Waals surface area contributed by atoms with Crippen LogP contribution in [0.3, 0.4) is 0 Å². The molecule has 2 rings (SSSR count). The maximum Gasteiger partial charge on any atom is 0.271 e. The molecule has 2 heterocycles. The van der Waals surface area contributed by atoms with Gasteiger partial charge in [0.15, 0.2) is 0 Å². The summed E-state index contributed by atoms with van der Waals surface area (Å²) in [6.45, 7) is 0.651. The lowest BCUT2D eigenvalue weighted by Crippen LogP contribution is -2.11. The van der Waals surface area contributed by atoms with Crippen LogP contribution in [-0.4, -0.2) is 25.7 Å². The van der Waals surface area contributed by atoms with Crippen LogP contribution in [0.2, 0.25) is 0 Å². The lowest BCUT2D eigenvalue weighted by Gasteiger charge is -2.02. The number of nitrogens with zero attached hydrogens (tertiary/aromatic N) is 1. The predicted octanol–water partition coefficient (Wildman–Crippen LogP) is 0.991. The van der Waals surface area contributed by atoms with E-state index in [0.29, 0.717) is 16.4 Å². The summed E-state index contributed by atoms with van der Waals surface area (Å²) in [4.78, 5) is 0. The molecule has 0 bridgehead atoms. The van der Waals surface area contributed by atoms with E-state index in [0.717, 1.165) is 5.56 Å². The van der Waals surface area contributed by atoms with Gasteiger partial charge in [0.1, 0.15) is 4.21 Å². The highest BCUT2D eigenvalue weighted by atomic mass is 32.2. The Labute approximate surface area is 103 Å². The van der Waals surface area contributed by atoms with E-state index in [2.05, 4.69) is 20.2 Å². The maximum atomic E-state index is 12.0. The molecule has 3 N–H and O–H groups in total. The highest BCUT2D eigenvalue weighted by Crippen LogP contribution is 2.22. The number of anilines is 1. The number of thiophene rings is 1. The summed E-state index contributed by atoms with van der Waals surface area (Å²) in [6, 6.07) is 1.66. The minimum absolute atomic E-state index is 0.295. The van der Waals surface area contributed by atoms with Crippen molar-refractivity contribution >= 4 is 27.0 Å². The molecule has 0 spiro atoms. The van der Waals surface area contributed by atoms with Gasteiger partial charge < -0.3 is 5.32 Å². The average Bonchev–Trinajstić information content (AvgIpc) is 2.88. The molecule has 0 aromatic carbocycles. The molecule has 0 unspecified atom stereocenters. The third-order valence-electron chi connectivity index (χ3n) is 2.03. The fourth-order valence-electron chi connectivity index (χ4n) is 1.30. The molecule has 17 heavy (non-hydrogen) atoms. The van der Waals surface area contributed by atoms with Gasteiger partial charge in [-0.2, -0.15) is 5.10 Å². The maximum absolute atomic E-state index is 12.0. The van der Waals surface area contributed by atoms with Crippen molar-refractivity contribution in [3.05, 3.63) is 29.4 Å². The lowest BCUT2D eigenvalue weighted by atomic mass is 10.3. The molecule has 0 aliphatic heterocycles. The first kappa shape index (κ1) is 12.1. The molecule has 0 aliphatic carbocycles. The second-order valence-electron chi connectivity index (χ2n) is 3.40. The van der Waals surface area contributed by atoms with Crippen molar-refractivity contribution in [2.24, 2.45) is 0 Å². The summed E-state index contributed by atoms with van der Waals surface area (Å²) in [7, 11) is -1.68. The number of nitrogens with one attached hydrogen (secondary N) is 3. The Balaban J connectivity index is 2.19. The zero-order valence-corrected chi connectivity index (χ0v) is 10.7. The molecule has 0 amide bonds. The number of H-pyrrole nitrogens is 1. The van der Waals surface area contributed by atoms with Gasteiger partial charge in [-0.3, -0.25) is 9.82 Å². The Morgan fingerprint density at radius 3 is 3.00 bits per heavy atom. The van der Waals surface area contributed by atoms with Gasteiger partial charge in [-0.1, -0.05) is 0 Å². The van der Waals surface area contributed by atoms with E-state index in [-0.39, 0.29) is 0 Å². The molecule has 0 saturated heterocycles. The van der Waals surface area contributed by atoms with Crippen LogP contribution in [0, 0.1) is 0 Å². The number of hydrogen-bond acceptors (Lipinski definition) is 5. The third-order valence-corrected chi connectivity index (χ3v) is 4.90. The number of aromatic amines is 1. The monoisotopic (exact) mass is 272 g/mol. The lowest BCUT2D eigenvalue weighted by molar-refractivity contribution is 0.603. The van der Waals surface area contributed by atoms with Gasteiger partial charge in [-0.05, 0) is 24.1 Å². The SMILES string of the molecule is CNCc1csc(S(=O)(=O)Nc2cn[nH]c2)c1. The summed E-state index contributed by atoms with van der Waals surface area (Å²) in [6.07, 6.45) is 2.90. The van der Waals surface area contributed by atoms with Crippen LogP contribution >= 0.6 is 11.3 Å². The third kappa shape index (κ3) is 2.84. The molecule has 0 radical (unpaired) electrons. The molecular formula is C9H12N4O2S2. The molecule has 92 valence electrons. The van der Waals surface area contributed by atoms with Crippen molar-refractivity contribution in [2.75, 3.05) is 11.8 Å². The molecule has 0 saturated carbocycles. The van der Waals surface area contributed by atoms with Crippen LogP contribution in [0.15, 0.2) is 28.0 Å². The van der Waals surface area contributed by atoms with Crippen LogP contribution in [0.4, 0.5) is 5.69 Å². The molecule has 6 nitrogen and oxygen atoms in total. The smallest absolute Gasteiger partial charge is 0.271 e. The normalized spacial score (nSPS) is 11.6. The number of aromatic nitrogens is 2. The van der Waals surface area contributed by atoms with Gasteiger partial charge in [-0.15, -0.1) is 11.3 Å². The van der Waals surface area contributed by atoms with Crippen LogP contribution in [0.25, 0.3) is 0 Å². The first-order valence-corrected chi connectivity index (χ1v) is 7.22. The minimum Gasteiger partial charge on any atom is -0.316 e. The average molecular weight is 272 g/mol. The van der Waals surface area contributed by atoms with E-state index in [9.17, 15) is 8.42 Å². The molecular weight excluding hydrogens is 260 g/mol. The van der Waals surface area contributed by atoms with Crippen LogP contribution in [-0.2, 0) is 16.6 Å². The van der Waals surface area contributed by atoms with Crippen LogP contribution < -0.4 is 10.0 Å². The van der Waals surface area contributed by atoms with Crippen molar-refractivity contribution in [3.63, 3.8) is 0 Å². The summed E-state index contributed by atoms with van der Waals surface area (Å²) in [5.74, 6) is 0. The number of hydrogen-bond donors (Lipinski definition) is 3. The molecule has 2 aromatic rings. The van der Waals surface area contributed by atoms with Gasteiger partial charge in [0.25, 0.3) is 10.0 Å². The van der Waals surface area contributed by atoms with Gasteiger partial charge in [-0.25, -0.2) is 8.42 Å². The van der Waals surface area contributed by atoms with E-state index in [4.69, 9.17) is 0 Å². The van der Waals surface area contributed by atoms with Crippen molar-refractivity contribution in [3.8, 4) is 0 Å². The molecule has 0 aliphatic rings. The molecule has 2 aromatic heterocycles. The topological polar surface area (TPSA) is 86.9 Å². The van der Waals surface area contributed by atoms with Crippen molar-refractivity contribution in [1.29, 1.82) is 0 Å². The Kier molecular flexibility index (Phi) is 3.46. The Morgan fingerprint density at radius 2 is 2.35 bits per heavy atom. The van der Waals surface area contributed by atoms with E-state index < -0.39 is 10.0 Å². The van der Waals surface area contributed by atoms with Crippen molar-refractivity contribution in [2.45, 2.75) is 10.8 Å². The summed E-state index contributed by atoms with van der Waals surface area (Å²) in [5, 5.41) is 11.0. The number of sulfonamides is 1. The second-order valence-corrected chi connectivity index (χ2v) is 6.22. The fraction of sp³-hybridized carbons (Fsp3) is 0.222. The van der Waals surface area contributed by atoms with E-state index >= 15 is 0 Å². The summed E-state index contributed by atoms with van der Waals surface area (Å²) in [5.41, 5.74) is 1.37. The second kappa shape index (κ2) is 4.86. The first-order valence-electron chi connectivity index (χ1n) is 4.85. The van der Waals surface area contributed by atoms with Gasteiger partial charge in [0.05, 0.1) is 11.9 Å². The highest BCUT2D eigenvalue weighted by Gasteiger charge is 2.17. The van der Waals surface area contributed by atoms with Gasteiger partial charge in [0, 0.05) is 12.7 Å². The fourth-order valence-corrected chi connectivity index (χ4v) is 3.55. The minimum atomic E-state index is -3.50. The molecule has 0 atom stereocenters. The number of rotatable bonds is 5. The quantitative estimate of drug-likeness (QED) is 0.757. The van der Waals surface area contributed by atoms with E-state index in [1.165, 1.54) is 23.7 Å². The largest absolute Gasteiger partial charge is 0.316 e.